The minimum Gasteiger partial charge on any atom is -0.355 e. The van der Waals surface area contributed by atoms with E-state index >= 15 is 0 Å². The van der Waals surface area contributed by atoms with Gasteiger partial charge in [-0.25, -0.2) is 9.37 Å². The number of aromatic nitrogens is 5. The van der Waals surface area contributed by atoms with Crippen LogP contribution in [0.4, 0.5) is 4.39 Å². The van der Waals surface area contributed by atoms with Crippen molar-refractivity contribution in [2.45, 2.75) is 18.1 Å². The number of carbonyl (C=O) groups is 1. The third-order valence-electron chi connectivity index (χ3n) is 5.40. The SMILES string of the molecule is O=C(CSc1nnc2c3ccccc3n(Cc3ccccc3F)c2n1)NCCc1ccccn1. The van der Waals surface area contributed by atoms with Gasteiger partial charge in [-0.05, 0) is 24.3 Å². The second-order valence-electron chi connectivity index (χ2n) is 7.67. The third-order valence-corrected chi connectivity index (χ3v) is 6.24. The molecule has 5 aromatic rings. The number of halogens is 1. The number of hydrogen-bond donors (Lipinski definition) is 1. The van der Waals surface area contributed by atoms with E-state index in [9.17, 15) is 9.18 Å². The van der Waals surface area contributed by atoms with Gasteiger partial charge < -0.3 is 9.88 Å². The van der Waals surface area contributed by atoms with E-state index in [4.69, 9.17) is 0 Å². The first kappa shape index (κ1) is 22.0. The van der Waals surface area contributed by atoms with Gasteiger partial charge in [0.2, 0.25) is 11.1 Å². The zero-order valence-corrected chi connectivity index (χ0v) is 19.0. The number of fused-ring (bicyclic) bond motifs is 3. The fraction of sp³-hybridized carbons (Fsp3) is 0.160. The number of benzene rings is 2. The van der Waals surface area contributed by atoms with E-state index in [2.05, 4.69) is 25.5 Å². The minimum atomic E-state index is -0.271. The highest BCUT2D eigenvalue weighted by molar-refractivity contribution is 7.99. The third kappa shape index (κ3) is 4.74. The molecule has 0 radical (unpaired) electrons. The van der Waals surface area contributed by atoms with Crippen LogP contribution < -0.4 is 5.32 Å². The van der Waals surface area contributed by atoms with Crippen molar-refractivity contribution < 1.29 is 9.18 Å². The molecule has 0 saturated carbocycles. The van der Waals surface area contributed by atoms with Crippen LogP contribution >= 0.6 is 11.8 Å². The molecule has 0 aliphatic heterocycles. The molecule has 3 heterocycles. The maximum absolute atomic E-state index is 14.4. The number of para-hydroxylation sites is 1. The van der Waals surface area contributed by atoms with Gasteiger partial charge in [0, 0.05) is 35.8 Å². The standard InChI is InChI=1S/C25H21FN6OS/c26-20-10-3-1-7-17(20)15-32-21-11-4-2-9-19(21)23-24(32)29-25(31-30-23)34-16-22(33)28-14-12-18-8-5-6-13-27-18/h1-11,13H,12,14-16H2,(H,28,33). The van der Waals surface area contributed by atoms with Crippen molar-refractivity contribution in [3.05, 3.63) is 90.0 Å². The summed E-state index contributed by atoms with van der Waals surface area (Å²) in [5.41, 5.74) is 3.65. The Morgan fingerprint density at radius 1 is 1.00 bits per heavy atom. The van der Waals surface area contributed by atoms with Gasteiger partial charge in [0.1, 0.15) is 11.3 Å². The number of pyridine rings is 1. The topological polar surface area (TPSA) is 85.6 Å². The van der Waals surface area contributed by atoms with Crippen LogP contribution in [0.3, 0.4) is 0 Å². The Morgan fingerprint density at radius 3 is 2.68 bits per heavy atom. The Kier molecular flexibility index (Phi) is 6.44. The fourth-order valence-corrected chi connectivity index (χ4v) is 4.38. The molecule has 0 aliphatic rings. The van der Waals surface area contributed by atoms with E-state index in [1.54, 1.807) is 18.3 Å². The number of amides is 1. The molecule has 34 heavy (non-hydrogen) atoms. The molecule has 7 nitrogen and oxygen atoms in total. The first-order valence-electron chi connectivity index (χ1n) is 10.8. The Morgan fingerprint density at radius 2 is 1.82 bits per heavy atom. The van der Waals surface area contributed by atoms with Crippen molar-refractivity contribution in [2.75, 3.05) is 12.3 Å². The molecule has 5 rings (SSSR count). The molecule has 2 aromatic carbocycles. The fourth-order valence-electron chi connectivity index (χ4n) is 3.76. The lowest BCUT2D eigenvalue weighted by Gasteiger charge is -2.08. The van der Waals surface area contributed by atoms with E-state index < -0.39 is 0 Å². The first-order valence-corrected chi connectivity index (χ1v) is 11.8. The predicted molar refractivity (Wildman–Crippen MR) is 130 cm³/mol. The highest BCUT2D eigenvalue weighted by Crippen LogP contribution is 2.28. The molecule has 0 aliphatic carbocycles. The van der Waals surface area contributed by atoms with Gasteiger partial charge in [-0.1, -0.05) is 54.2 Å². The molecule has 0 saturated heterocycles. The lowest BCUT2D eigenvalue weighted by atomic mass is 10.2. The van der Waals surface area contributed by atoms with Crippen molar-refractivity contribution in [1.29, 1.82) is 0 Å². The minimum absolute atomic E-state index is 0.114. The summed E-state index contributed by atoms with van der Waals surface area (Å²) in [7, 11) is 0. The normalized spacial score (nSPS) is 11.2. The number of nitrogens with one attached hydrogen (secondary N) is 1. The Balaban J connectivity index is 1.33. The van der Waals surface area contributed by atoms with Crippen LogP contribution in [0.2, 0.25) is 0 Å². The van der Waals surface area contributed by atoms with Gasteiger partial charge in [-0.3, -0.25) is 9.78 Å². The van der Waals surface area contributed by atoms with Crippen LogP contribution in [0.5, 0.6) is 0 Å². The molecule has 0 bridgehead atoms. The second-order valence-corrected chi connectivity index (χ2v) is 8.61. The molecule has 0 atom stereocenters. The van der Waals surface area contributed by atoms with Crippen LogP contribution in [0.1, 0.15) is 11.3 Å². The van der Waals surface area contributed by atoms with Crippen LogP contribution in [-0.4, -0.2) is 42.9 Å². The van der Waals surface area contributed by atoms with Gasteiger partial charge in [0.15, 0.2) is 5.65 Å². The molecular formula is C25H21FN6OS. The predicted octanol–water partition coefficient (Wildman–Crippen LogP) is 4.01. The Bertz CT molecular complexity index is 1460. The Hall–Kier alpha value is -3.85. The van der Waals surface area contributed by atoms with Crippen molar-refractivity contribution in [1.82, 2.24) is 30.0 Å². The molecule has 3 aromatic heterocycles. The van der Waals surface area contributed by atoms with Gasteiger partial charge in [0.25, 0.3) is 0 Å². The number of rotatable bonds is 8. The average molecular weight is 473 g/mol. The molecule has 170 valence electrons. The molecule has 0 unspecified atom stereocenters. The summed E-state index contributed by atoms with van der Waals surface area (Å²) in [6, 6.07) is 20.2. The summed E-state index contributed by atoms with van der Waals surface area (Å²) in [6.45, 7) is 0.818. The van der Waals surface area contributed by atoms with Crippen LogP contribution in [0, 0.1) is 5.82 Å². The summed E-state index contributed by atoms with van der Waals surface area (Å²) in [4.78, 5) is 21.2. The zero-order chi connectivity index (χ0) is 23.3. The maximum atomic E-state index is 14.4. The first-order chi connectivity index (χ1) is 16.7. The molecule has 9 heteroatoms. The van der Waals surface area contributed by atoms with Crippen molar-refractivity contribution in [2.24, 2.45) is 0 Å². The number of hydrogen-bond acceptors (Lipinski definition) is 6. The summed E-state index contributed by atoms with van der Waals surface area (Å²) >= 11 is 1.22. The van der Waals surface area contributed by atoms with Crippen molar-refractivity contribution in [3.8, 4) is 0 Å². The van der Waals surface area contributed by atoms with E-state index in [1.807, 2.05) is 53.1 Å². The average Bonchev–Trinajstić information content (AvgIpc) is 3.18. The molecule has 1 amide bonds. The smallest absolute Gasteiger partial charge is 0.230 e. The Labute approximate surface area is 199 Å². The quantitative estimate of drug-likeness (QED) is 0.344. The number of nitrogens with zero attached hydrogens (tertiary/aromatic N) is 5. The molecule has 0 fully saturated rings. The highest BCUT2D eigenvalue weighted by Gasteiger charge is 2.16. The summed E-state index contributed by atoms with van der Waals surface area (Å²) in [5, 5.41) is 12.8. The number of carbonyl (C=O) groups excluding carboxylic acids is 1. The molecular weight excluding hydrogens is 451 g/mol. The van der Waals surface area contributed by atoms with Crippen molar-refractivity contribution in [3.63, 3.8) is 0 Å². The second kappa shape index (κ2) is 9.96. The van der Waals surface area contributed by atoms with E-state index in [1.165, 1.54) is 17.8 Å². The van der Waals surface area contributed by atoms with Gasteiger partial charge in [0.05, 0.1) is 17.8 Å². The van der Waals surface area contributed by atoms with Gasteiger partial charge in [-0.15, -0.1) is 10.2 Å². The molecule has 0 spiro atoms. The molecule has 1 N–H and O–H groups in total. The van der Waals surface area contributed by atoms with Crippen molar-refractivity contribution >= 4 is 39.7 Å². The zero-order valence-electron chi connectivity index (χ0n) is 18.2. The summed E-state index contributed by atoms with van der Waals surface area (Å²) < 4.78 is 16.3. The monoisotopic (exact) mass is 472 g/mol. The lowest BCUT2D eigenvalue weighted by molar-refractivity contribution is -0.118. The van der Waals surface area contributed by atoms with E-state index in [-0.39, 0.29) is 17.5 Å². The van der Waals surface area contributed by atoms with Crippen LogP contribution in [-0.2, 0) is 17.8 Å². The van der Waals surface area contributed by atoms with E-state index in [0.717, 1.165) is 16.6 Å². The highest BCUT2D eigenvalue weighted by atomic mass is 32.2. The van der Waals surface area contributed by atoms with E-state index in [0.29, 0.717) is 41.4 Å². The lowest BCUT2D eigenvalue weighted by Crippen LogP contribution is -2.27. The van der Waals surface area contributed by atoms with Gasteiger partial charge in [-0.2, -0.15) is 0 Å². The van der Waals surface area contributed by atoms with Gasteiger partial charge >= 0.3 is 0 Å². The van der Waals surface area contributed by atoms with Crippen LogP contribution in [0.15, 0.2) is 78.1 Å². The van der Waals surface area contributed by atoms with Crippen LogP contribution in [0.25, 0.3) is 22.1 Å². The summed E-state index contributed by atoms with van der Waals surface area (Å²) in [5.74, 6) is -0.216. The largest absolute Gasteiger partial charge is 0.355 e. The summed E-state index contributed by atoms with van der Waals surface area (Å²) in [6.07, 6.45) is 2.40. The number of thioether (sulfide) groups is 1. The maximum Gasteiger partial charge on any atom is 0.230 e.